The van der Waals surface area contributed by atoms with E-state index < -0.39 is 0 Å². The fraction of sp³-hybridized carbons (Fsp3) is 0.429. The second kappa shape index (κ2) is 3.06. The van der Waals surface area contributed by atoms with E-state index in [0.29, 0.717) is 4.95 Å². The molecule has 0 bridgehead atoms. The zero-order chi connectivity index (χ0) is 6.69. The lowest BCUT2D eigenvalue weighted by Crippen LogP contribution is -2.23. The van der Waals surface area contributed by atoms with Crippen molar-refractivity contribution in [3.63, 3.8) is 0 Å². The molecule has 0 aromatic heterocycles. The maximum absolute atomic E-state index is 3.48. The van der Waals surface area contributed by atoms with Gasteiger partial charge in [0.25, 0.3) is 0 Å². The second-order valence-electron chi connectivity index (χ2n) is 2.04. The van der Waals surface area contributed by atoms with E-state index in [-0.39, 0.29) is 0 Å². The average molecular weight is 188 g/mol. The molecule has 1 heterocycles. The highest BCUT2D eigenvalue weighted by Crippen LogP contribution is 2.08. The molecule has 2 heteroatoms. The molecule has 1 aliphatic rings. The van der Waals surface area contributed by atoms with E-state index >= 15 is 0 Å². The van der Waals surface area contributed by atoms with Gasteiger partial charge in [-0.15, -0.1) is 0 Å². The molecule has 0 radical (unpaired) electrons. The average Bonchev–Trinajstić information content (AvgIpc) is 1.90. The smallest absolute Gasteiger partial charge is 0.0815 e. The lowest BCUT2D eigenvalue weighted by Gasteiger charge is -2.22. The molecule has 0 fully saturated rings. The third-order valence-corrected chi connectivity index (χ3v) is 1.82. The first-order valence-electron chi connectivity index (χ1n) is 3.04. The van der Waals surface area contributed by atoms with Gasteiger partial charge in [0.15, 0.2) is 0 Å². The van der Waals surface area contributed by atoms with E-state index in [1.807, 2.05) is 6.08 Å². The highest BCUT2D eigenvalue weighted by molar-refractivity contribution is 9.09. The highest BCUT2D eigenvalue weighted by Gasteiger charge is 2.03. The molecule has 1 atom stereocenters. The van der Waals surface area contributed by atoms with E-state index in [1.165, 1.54) is 0 Å². The molecule has 9 heavy (non-hydrogen) atoms. The zero-order valence-electron chi connectivity index (χ0n) is 5.42. The standard InChI is InChI=1S/C7H10BrN/c1-7(8)9-5-3-2-4-6-9/h2-5,7H,6H2,1H3. The Morgan fingerprint density at radius 2 is 2.33 bits per heavy atom. The Hall–Kier alpha value is -0.240. The van der Waals surface area contributed by atoms with Crippen molar-refractivity contribution in [2.24, 2.45) is 0 Å². The summed E-state index contributed by atoms with van der Waals surface area (Å²) in [7, 11) is 0. The minimum Gasteiger partial charge on any atom is -0.362 e. The van der Waals surface area contributed by atoms with Gasteiger partial charge in [0, 0.05) is 12.7 Å². The molecule has 0 N–H and O–H groups in total. The van der Waals surface area contributed by atoms with Crippen LogP contribution in [0.25, 0.3) is 0 Å². The Balaban J connectivity index is 2.46. The summed E-state index contributed by atoms with van der Waals surface area (Å²) in [6, 6.07) is 0. The van der Waals surface area contributed by atoms with Crippen molar-refractivity contribution in [2.75, 3.05) is 6.54 Å². The monoisotopic (exact) mass is 187 g/mol. The van der Waals surface area contributed by atoms with Gasteiger partial charge in [0.2, 0.25) is 0 Å². The van der Waals surface area contributed by atoms with Crippen molar-refractivity contribution in [1.82, 2.24) is 4.90 Å². The van der Waals surface area contributed by atoms with Crippen LogP contribution in [-0.2, 0) is 0 Å². The number of halogens is 1. The van der Waals surface area contributed by atoms with Crippen molar-refractivity contribution in [2.45, 2.75) is 11.9 Å². The lowest BCUT2D eigenvalue weighted by atomic mass is 10.3. The zero-order valence-corrected chi connectivity index (χ0v) is 7.01. The SMILES string of the molecule is CC(Br)N1C=CC=CC1. The summed E-state index contributed by atoms with van der Waals surface area (Å²) in [5.41, 5.74) is 0. The van der Waals surface area contributed by atoms with Crippen molar-refractivity contribution in [1.29, 1.82) is 0 Å². The normalized spacial score (nSPS) is 20.4. The van der Waals surface area contributed by atoms with E-state index in [2.05, 4.69) is 46.1 Å². The molecule has 0 spiro atoms. The van der Waals surface area contributed by atoms with Gasteiger partial charge in [-0.05, 0) is 13.0 Å². The van der Waals surface area contributed by atoms with Crippen LogP contribution in [0, 0.1) is 0 Å². The first-order valence-corrected chi connectivity index (χ1v) is 3.95. The van der Waals surface area contributed by atoms with E-state index in [4.69, 9.17) is 0 Å². The Morgan fingerprint density at radius 1 is 1.56 bits per heavy atom. The van der Waals surface area contributed by atoms with Crippen LogP contribution >= 0.6 is 15.9 Å². The molecule has 0 aromatic carbocycles. The van der Waals surface area contributed by atoms with Crippen molar-refractivity contribution in [3.05, 3.63) is 24.4 Å². The summed E-state index contributed by atoms with van der Waals surface area (Å²) >= 11 is 3.48. The van der Waals surface area contributed by atoms with Crippen LogP contribution < -0.4 is 0 Å². The number of allylic oxidation sites excluding steroid dienone is 2. The number of hydrogen-bond donors (Lipinski definition) is 0. The van der Waals surface area contributed by atoms with Gasteiger partial charge in [-0.2, -0.15) is 0 Å². The summed E-state index contributed by atoms with van der Waals surface area (Å²) in [4.78, 5) is 2.65. The lowest BCUT2D eigenvalue weighted by molar-refractivity contribution is 0.411. The summed E-state index contributed by atoms with van der Waals surface area (Å²) in [5.74, 6) is 0. The van der Waals surface area contributed by atoms with Gasteiger partial charge >= 0.3 is 0 Å². The maximum atomic E-state index is 3.48. The van der Waals surface area contributed by atoms with Crippen molar-refractivity contribution in [3.8, 4) is 0 Å². The molecule has 50 valence electrons. The Morgan fingerprint density at radius 3 is 2.67 bits per heavy atom. The topological polar surface area (TPSA) is 3.24 Å². The third-order valence-electron chi connectivity index (χ3n) is 1.30. The van der Waals surface area contributed by atoms with Crippen LogP contribution in [0.3, 0.4) is 0 Å². The van der Waals surface area contributed by atoms with Crippen LogP contribution in [0.4, 0.5) is 0 Å². The van der Waals surface area contributed by atoms with Gasteiger partial charge in [-0.1, -0.05) is 28.1 Å². The summed E-state index contributed by atoms with van der Waals surface area (Å²) in [5, 5.41) is 0. The predicted molar refractivity (Wildman–Crippen MR) is 43.4 cm³/mol. The molecule has 0 saturated heterocycles. The molecule has 0 aromatic rings. The number of alkyl halides is 1. The maximum Gasteiger partial charge on any atom is 0.0815 e. The largest absolute Gasteiger partial charge is 0.362 e. The van der Waals surface area contributed by atoms with Crippen LogP contribution in [0.5, 0.6) is 0 Å². The first-order chi connectivity index (χ1) is 4.30. The molecule has 1 rings (SSSR count). The quantitative estimate of drug-likeness (QED) is 0.450. The fourth-order valence-electron chi connectivity index (χ4n) is 0.746. The molecule has 0 amide bonds. The van der Waals surface area contributed by atoms with Gasteiger partial charge < -0.3 is 4.90 Å². The molecule has 0 aliphatic carbocycles. The summed E-state index contributed by atoms with van der Waals surface area (Å²) in [6.45, 7) is 3.13. The predicted octanol–water partition coefficient (Wildman–Crippen LogP) is 2.11. The first kappa shape index (κ1) is 6.87. The number of nitrogens with zero attached hydrogens (tertiary/aromatic N) is 1. The molecule has 0 saturated carbocycles. The Bertz CT molecular complexity index is 138. The number of rotatable bonds is 1. The van der Waals surface area contributed by atoms with Crippen LogP contribution in [0.2, 0.25) is 0 Å². The fourth-order valence-corrected chi connectivity index (χ4v) is 1.05. The van der Waals surface area contributed by atoms with E-state index in [0.717, 1.165) is 6.54 Å². The van der Waals surface area contributed by atoms with Gasteiger partial charge in [0.1, 0.15) is 0 Å². The van der Waals surface area contributed by atoms with E-state index in [1.54, 1.807) is 0 Å². The van der Waals surface area contributed by atoms with Gasteiger partial charge in [-0.3, -0.25) is 0 Å². The Labute approximate surface area is 64.2 Å². The van der Waals surface area contributed by atoms with Gasteiger partial charge in [0.05, 0.1) is 4.95 Å². The minimum atomic E-state index is 0.443. The minimum absolute atomic E-state index is 0.443. The molecular weight excluding hydrogens is 178 g/mol. The van der Waals surface area contributed by atoms with Gasteiger partial charge in [-0.25, -0.2) is 0 Å². The molecule has 1 unspecified atom stereocenters. The molecule has 1 aliphatic heterocycles. The Kier molecular flexibility index (Phi) is 2.34. The van der Waals surface area contributed by atoms with Crippen LogP contribution in [0.1, 0.15) is 6.92 Å². The molecular formula is C7H10BrN. The molecule has 1 nitrogen and oxygen atoms in total. The highest BCUT2D eigenvalue weighted by atomic mass is 79.9. The number of hydrogen-bond acceptors (Lipinski definition) is 1. The van der Waals surface area contributed by atoms with E-state index in [9.17, 15) is 0 Å². The second-order valence-corrected chi connectivity index (χ2v) is 3.37. The summed E-state index contributed by atoms with van der Waals surface area (Å²) in [6.07, 6.45) is 8.32. The van der Waals surface area contributed by atoms with Crippen molar-refractivity contribution >= 4 is 15.9 Å². The van der Waals surface area contributed by atoms with Crippen LogP contribution in [-0.4, -0.2) is 16.4 Å². The third kappa shape index (κ3) is 1.86. The summed E-state index contributed by atoms with van der Waals surface area (Å²) < 4.78 is 0. The van der Waals surface area contributed by atoms with Crippen LogP contribution in [0.15, 0.2) is 24.4 Å². The van der Waals surface area contributed by atoms with Crippen molar-refractivity contribution < 1.29 is 0 Å².